The van der Waals surface area contributed by atoms with Gasteiger partial charge in [0.15, 0.2) is 0 Å². The quantitative estimate of drug-likeness (QED) is 0.312. The van der Waals surface area contributed by atoms with Crippen molar-refractivity contribution in [2.24, 2.45) is 0 Å². The van der Waals surface area contributed by atoms with Crippen LogP contribution in [0, 0.1) is 20.8 Å². The zero-order valence-electron chi connectivity index (χ0n) is 15.3. The number of phosphoric ester groups is 1. The Morgan fingerprint density at radius 3 is 0.963 bits per heavy atom. The summed E-state index contributed by atoms with van der Waals surface area (Å²) in [5, 5.41) is 0. The van der Waals surface area contributed by atoms with Gasteiger partial charge in [0.05, 0.1) is 0 Å². The fraction of sp³-hybridized carbons (Fsp3) is 0.143. The Bertz CT molecular complexity index is 784. The van der Waals surface area contributed by atoms with E-state index < -0.39 is 7.82 Å². The van der Waals surface area contributed by atoms with E-state index in [1.54, 1.807) is 36.4 Å². The fourth-order valence-corrected chi connectivity index (χ4v) is 3.49. The molecule has 3 aromatic carbocycles. The molecule has 0 N–H and O–H groups in total. The molecule has 0 atom stereocenters. The largest absolute Gasteiger partial charge is 0.647 e. The van der Waals surface area contributed by atoms with Gasteiger partial charge in [-0.15, -0.1) is 0 Å². The molecular formula is C21H21AgO4P. The average Bonchev–Trinajstić information content (AvgIpc) is 2.61. The van der Waals surface area contributed by atoms with Crippen LogP contribution in [0.15, 0.2) is 72.8 Å². The van der Waals surface area contributed by atoms with Crippen LogP contribution in [0.3, 0.4) is 0 Å². The molecule has 0 heterocycles. The number of hydrogen-bond acceptors (Lipinski definition) is 4. The maximum absolute atomic E-state index is 13.3. The summed E-state index contributed by atoms with van der Waals surface area (Å²) in [5.74, 6) is 1.24. The second-order valence-corrected chi connectivity index (χ2v) is 7.60. The van der Waals surface area contributed by atoms with Crippen LogP contribution in [0.5, 0.6) is 17.2 Å². The van der Waals surface area contributed by atoms with E-state index in [2.05, 4.69) is 0 Å². The molecule has 1 radical (unpaired) electrons. The third-order valence-electron chi connectivity index (χ3n) is 3.71. The molecule has 0 aliphatic rings. The first-order valence-corrected chi connectivity index (χ1v) is 9.77. The van der Waals surface area contributed by atoms with Crippen LogP contribution in [0.25, 0.3) is 0 Å². The fourth-order valence-electron chi connectivity index (χ4n) is 2.24. The van der Waals surface area contributed by atoms with Crippen molar-refractivity contribution >= 4 is 7.82 Å². The van der Waals surface area contributed by atoms with Gasteiger partial charge in [-0.1, -0.05) is 53.1 Å². The van der Waals surface area contributed by atoms with Crippen molar-refractivity contribution in [2.75, 3.05) is 0 Å². The summed E-state index contributed by atoms with van der Waals surface area (Å²) >= 11 is 0. The molecule has 0 bridgehead atoms. The molecule has 0 saturated heterocycles. The van der Waals surface area contributed by atoms with Crippen LogP contribution in [-0.2, 0) is 26.9 Å². The standard InChI is InChI=1S/C21H21O4P.Ag/c1-16-4-10-19(11-5-16)23-26(22,24-20-12-6-17(2)7-13-20)25-21-14-8-18(3)9-15-21;/h4-15H,1-3H3;. The topological polar surface area (TPSA) is 44.8 Å². The van der Waals surface area contributed by atoms with Crippen molar-refractivity contribution < 1.29 is 40.5 Å². The van der Waals surface area contributed by atoms with Crippen molar-refractivity contribution in [1.29, 1.82) is 0 Å². The first-order valence-electron chi connectivity index (χ1n) is 8.31. The summed E-state index contributed by atoms with van der Waals surface area (Å²) in [6.45, 7) is 5.90. The minimum absolute atomic E-state index is 0. The number of benzene rings is 3. The van der Waals surface area contributed by atoms with Crippen molar-refractivity contribution in [3.63, 3.8) is 0 Å². The van der Waals surface area contributed by atoms with E-state index in [1.807, 2.05) is 57.2 Å². The zero-order chi connectivity index (χ0) is 18.6. The van der Waals surface area contributed by atoms with E-state index in [-0.39, 0.29) is 22.4 Å². The zero-order valence-corrected chi connectivity index (χ0v) is 17.7. The van der Waals surface area contributed by atoms with Gasteiger partial charge in [0.25, 0.3) is 0 Å². The van der Waals surface area contributed by atoms with Crippen molar-refractivity contribution in [2.45, 2.75) is 20.8 Å². The van der Waals surface area contributed by atoms with E-state index >= 15 is 0 Å². The third-order valence-corrected chi connectivity index (χ3v) is 5.02. The molecule has 0 aromatic heterocycles. The predicted octanol–water partition coefficient (Wildman–Crippen LogP) is 6.25. The van der Waals surface area contributed by atoms with Gasteiger partial charge in [-0.25, -0.2) is 0 Å². The third kappa shape index (κ3) is 6.30. The van der Waals surface area contributed by atoms with Gasteiger partial charge in [0.2, 0.25) is 0 Å². The van der Waals surface area contributed by atoms with Crippen LogP contribution in [-0.4, -0.2) is 0 Å². The maximum Gasteiger partial charge on any atom is 0.647 e. The smallest absolute Gasteiger partial charge is 0.386 e. The summed E-state index contributed by atoms with van der Waals surface area (Å²) in [7, 11) is -3.93. The summed E-state index contributed by atoms with van der Waals surface area (Å²) in [6, 6.07) is 21.6. The molecule has 4 nitrogen and oxygen atoms in total. The predicted molar refractivity (Wildman–Crippen MR) is 103 cm³/mol. The molecule has 3 aromatic rings. The molecule has 145 valence electrons. The molecule has 0 amide bonds. The van der Waals surface area contributed by atoms with Gasteiger partial charge < -0.3 is 13.6 Å². The summed E-state index contributed by atoms with van der Waals surface area (Å²) in [6.07, 6.45) is 0. The van der Waals surface area contributed by atoms with E-state index in [9.17, 15) is 4.57 Å². The molecule has 0 spiro atoms. The molecule has 6 heteroatoms. The average molecular weight is 476 g/mol. The van der Waals surface area contributed by atoms with Crippen LogP contribution >= 0.6 is 7.82 Å². The van der Waals surface area contributed by atoms with Gasteiger partial charge in [-0.3, -0.25) is 0 Å². The van der Waals surface area contributed by atoms with Gasteiger partial charge in [0.1, 0.15) is 17.2 Å². The Hall–Kier alpha value is -1.97. The molecule has 0 saturated carbocycles. The number of phosphoric acid groups is 1. The second kappa shape index (κ2) is 9.29. The Balaban J connectivity index is 0.00000261. The van der Waals surface area contributed by atoms with Crippen molar-refractivity contribution in [1.82, 2.24) is 0 Å². The van der Waals surface area contributed by atoms with Gasteiger partial charge in [-0.05, 0) is 57.2 Å². The van der Waals surface area contributed by atoms with E-state index in [4.69, 9.17) is 13.6 Å². The maximum atomic E-state index is 13.3. The summed E-state index contributed by atoms with van der Waals surface area (Å²) in [5.41, 5.74) is 3.23. The molecule has 27 heavy (non-hydrogen) atoms. The van der Waals surface area contributed by atoms with Gasteiger partial charge in [0, 0.05) is 22.4 Å². The van der Waals surface area contributed by atoms with E-state index in [0.29, 0.717) is 17.2 Å². The molecule has 0 fully saturated rings. The molecule has 0 aliphatic carbocycles. The monoisotopic (exact) mass is 475 g/mol. The minimum atomic E-state index is -3.93. The van der Waals surface area contributed by atoms with E-state index in [1.165, 1.54) is 0 Å². The molecule has 0 aliphatic heterocycles. The van der Waals surface area contributed by atoms with E-state index in [0.717, 1.165) is 16.7 Å². The van der Waals surface area contributed by atoms with Crippen LogP contribution in [0.2, 0.25) is 0 Å². The van der Waals surface area contributed by atoms with Crippen LogP contribution in [0.4, 0.5) is 0 Å². The SMILES string of the molecule is Cc1ccc(OP(=O)(Oc2ccc(C)cc2)Oc2ccc(C)cc2)cc1.[Ag]. The summed E-state index contributed by atoms with van der Waals surface area (Å²) in [4.78, 5) is 0. The normalized spacial score (nSPS) is 10.6. The number of aryl methyl sites for hydroxylation is 3. The first-order chi connectivity index (χ1) is 12.4. The Morgan fingerprint density at radius 1 is 0.519 bits per heavy atom. The Labute approximate surface area is 175 Å². The molecule has 3 rings (SSSR count). The number of rotatable bonds is 6. The first kappa shape index (κ1) is 21.3. The molecular weight excluding hydrogens is 455 g/mol. The number of hydrogen-bond donors (Lipinski definition) is 0. The van der Waals surface area contributed by atoms with Crippen LogP contribution < -0.4 is 13.6 Å². The van der Waals surface area contributed by atoms with Crippen molar-refractivity contribution in [3.05, 3.63) is 89.5 Å². The Morgan fingerprint density at radius 2 is 0.741 bits per heavy atom. The van der Waals surface area contributed by atoms with Gasteiger partial charge in [-0.2, -0.15) is 4.57 Å². The Kier molecular flexibility index (Phi) is 7.34. The molecule has 0 unspecified atom stereocenters. The van der Waals surface area contributed by atoms with Gasteiger partial charge >= 0.3 is 7.82 Å². The van der Waals surface area contributed by atoms with Crippen LogP contribution in [0.1, 0.15) is 16.7 Å². The van der Waals surface area contributed by atoms with Crippen molar-refractivity contribution in [3.8, 4) is 17.2 Å². The minimum Gasteiger partial charge on any atom is -0.386 e. The summed E-state index contributed by atoms with van der Waals surface area (Å²) < 4.78 is 30.2. The second-order valence-electron chi connectivity index (χ2n) is 6.16.